The summed E-state index contributed by atoms with van der Waals surface area (Å²) < 4.78 is 42.9. The van der Waals surface area contributed by atoms with Crippen molar-refractivity contribution < 1.29 is 22.7 Å². The van der Waals surface area contributed by atoms with E-state index in [0.717, 1.165) is 17.8 Å². The van der Waals surface area contributed by atoms with Gasteiger partial charge in [0.25, 0.3) is 5.91 Å². The van der Waals surface area contributed by atoms with Gasteiger partial charge >= 0.3 is 6.18 Å². The largest absolute Gasteiger partial charge is 0.497 e. The lowest BCUT2D eigenvalue weighted by Crippen LogP contribution is -2.14. The van der Waals surface area contributed by atoms with Crippen LogP contribution in [-0.2, 0) is 6.18 Å². The molecule has 1 amide bonds. The topological polar surface area (TPSA) is 63.2 Å². The summed E-state index contributed by atoms with van der Waals surface area (Å²) in [5, 5.41) is 5.65. The molecule has 0 aliphatic heterocycles. The number of nitrogens with zero attached hydrogens (tertiary/aromatic N) is 1. The van der Waals surface area contributed by atoms with E-state index in [4.69, 9.17) is 4.74 Å². The highest BCUT2D eigenvalue weighted by Gasteiger charge is 2.30. The number of hydrogen-bond donors (Lipinski definition) is 2. The summed E-state index contributed by atoms with van der Waals surface area (Å²) in [5.41, 5.74) is 1.06. The first-order chi connectivity index (χ1) is 13.3. The number of rotatable bonds is 5. The van der Waals surface area contributed by atoms with Gasteiger partial charge in [-0.2, -0.15) is 13.2 Å². The molecule has 2 aromatic carbocycles. The first-order valence-electron chi connectivity index (χ1n) is 8.21. The highest BCUT2D eigenvalue weighted by atomic mass is 19.4. The van der Waals surface area contributed by atoms with Crippen LogP contribution in [0.2, 0.25) is 0 Å². The maximum absolute atomic E-state index is 12.6. The molecule has 0 radical (unpaired) electrons. The third-order valence-electron chi connectivity index (χ3n) is 3.82. The molecule has 3 rings (SSSR count). The van der Waals surface area contributed by atoms with Crippen molar-refractivity contribution in [3.05, 3.63) is 78.1 Å². The normalized spacial score (nSPS) is 11.0. The summed E-state index contributed by atoms with van der Waals surface area (Å²) in [5.74, 6) is 0.179. The van der Waals surface area contributed by atoms with Gasteiger partial charge in [0.15, 0.2) is 0 Å². The highest BCUT2D eigenvalue weighted by Crippen LogP contribution is 2.30. The number of pyridine rings is 1. The van der Waals surface area contributed by atoms with Gasteiger partial charge in [-0.25, -0.2) is 4.98 Å². The fourth-order valence-electron chi connectivity index (χ4n) is 2.41. The Morgan fingerprint density at radius 1 is 0.964 bits per heavy atom. The zero-order chi connectivity index (χ0) is 20.1. The van der Waals surface area contributed by atoms with E-state index in [2.05, 4.69) is 15.6 Å². The molecular formula is C20H16F3N3O2. The van der Waals surface area contributed by atoms with Crippen LogP contribution in [0.3, 0.4) is 0 Å². The standard InChI is InChI=1S/C20H16F3N3O2/c1-28-17-4-2-3-15(11-17)25-16-9-10-18(24-12-16)19(27)26-14-7-5-13(6-8-14)20(21,22)23/h2-12,25H,1H3,(H,26,27). The van der Waals surface area contributed by atoms with Crippen molar-refractivity contribution >= 4 is 23.0 Å². The van der Waals surface area contributed by atoms with Crippen molar-refractivity contribution in [3.63, 3.8) is 0 Å². The molecule has 0 atom stereocenters. The van der Waals surface area contributed by atoms with Crippen molar-refractivity contribution in [3.8, 4) is 5.75 Å². The van der Waals surface area contributed by atoms with Crippen molar-refractivity contribution in [2.45, 2.75) is 6.18 Å². The number of anilines is 3. The van der Waals surface area contributed by atoms with Gasteiger partial charge in [0, 0.05) is 17.4 Å². The first-order valence-corrected chi connectivity index (χ1v) is 8.21. The third-order valence-corrected chi connectivity index (χ3v) is 3.82. The smallest absolute Gasteiger partial charge is 0.416 e. The molecule has 8 heteroatoms. The van der Waals surface area contributed by atoms with Crippen LogP contribution in [0.4, 0.5) is 30.2 Å². The Morgan fingerprint density at radius 2 is 1.68 bits per heavy atom. The number of alkyl halides is 3. The first kappa shape index (κ1) is 19.2. The van der Waals surface area contributed by atoms with E-state index < -0.39 is 17.6 Å². The summed E-state index contributed by atoms with van der Waals surface area (Å²) in [4.78, 5) is 16.3. The number of nitrogens with one attached hydrogen (secondary N) is 2. The van der Waals surface area contributed by atoms with Gasteiger partial charge in [-0.3, -0.25) is 4.79 Å². The Labute approximate surface area is 159 Å². The SMILES string of the molecule is COc1cccc(Nc2ccc(C(=O)Nc3ccc(C(F)(F)F)cc3)nc2)c1. The number of halogens is 3. The summed E-state index contributed by atoms with van der Waals surface area (Å²) >= 11 is 0. The van der Waals surface area contributed by atoms with E-state index in [0.29, 0.717) is 11.4 Å². The molecule has 2 N–H and O–H groups in total. The Kier molecular flexibility index (Phi) is 5.49. The lowest BCUT2D eigenvalue weighted by molar-refractivity contribution is -0.137. The Morgan fingerprint density at radius 3 is 2.29 bits per heavy atom. The Bertz CT molecular complexity index is 956. The van der Waals surface area contributed by atoms with Crippen LogP contribution in [-0.4, -0.2) is 18.0 Å². The number of aromatic nitrogens is 1. The zero-order valence-corrected chi connectivity index (χ0v) is 14.7. The Hall–Kier alpha value is -3.55. The minimum atomic E-state index is -4.42. The maximum atomic E-state index is 12.6. The van der Waals surface area contributed by atoms with Crippen LogP contribution in [0, 0.1) is 0 Å². The average Bonchev–Trinajstić information content (AvgIpc) is 2.68. The summed E-state index contributed by atoms with van der Waals surface area (Å²) in [6.07, 6.45) is -2.93. The predicted molar refractivity (Wildman–Crippen MR) is 99.9 cm³/mol. The van der Waals surface area contributed by atoms with Crippen LogP contribution >= 0.6 is 0 Å². The summed E-state index contributed by atoms with van der Waals surface area (Å²) in [6, 6.07) is 14.7. The second kappa shape index (κ2) is 7.99. The van der Waals surface area contributed by atoms with E-state index in [1.54, 1.807) is 13.2 Å². The molecule has 0 spiro atoms. The lowest BCUT2D eigenvalue weighted by Gasteiger charge is -2.10. The molecule has 1 aromatic heterocycles. The number of amides is 1. The van der Waals surface area contributed by atoms with Crippen LogP contribution in [0.15, 0.2) is 66.9 Å². The van der Waals surface area contributed by atoms with E-state index >= 15 is 0 Å². The Balaban J connectivity index is 1.65. The van der Waals surface area contributed by atoms with Crippen molar-refractivity contribution in [1.82, 2.24) is 4.98 Å². The monoisotopic (exact) mass is 387 g/mol. The molecule has 0 saturated carbocycles. The number of carbonyl (C=O) groups excluding carboxylic acids is 1. The lowest BCUT2D eigenvalue weighted by atomic mass is 10.2. The van der Waals surface area contributed by atoms with Gasteiger partial charge in [0.2, 0.25) is 0 Å². The molecule has 0 fully saturated rings. The summed E-state index contributed by atoms with van der Waals surface area (Å²) in [7, 11) is 1.57. The van der Waals surface area contributed by atoms with Crippen LogP contribution in [0.25, 0.3) is 0 Å². The number of methoxy groups -OCH3 is 1. The molecular weight excluding hydrogens is 371 g/mol. The zero-order valence-electron chi connectivity index (χ0n) is 14.7. The number of hydrogen-bond acceptors (Lipinski definition) is 4. The van der Waals surface area contributed by atoms with Crippen molar-refractivity contribution in [2.24, 2.45) is 0 Å². The van der Waals surface area contributed by atoms with Gasteiger partial charge < -0.3 is 15.4 Å². The molecule has 0 bridgehead atoms. The molecule has 1 heterocycles. The van der Waals surface area contributed by atoms with Gasteiger partial charge in [-0.1, -0.05) is 6.07 Å². The quantitative estimate of drug-likeness (QED) is 0.639. The van der Waals surface area contributed by atoms with Crippen LogP contribution in [0.1, 0.15) is 16.1 Å². The minimum Gasteiger partial charge on any atom is -0.497 e. The van der Waals surface area contributed by atoms with Crippen LogP contribution < -0.4 is 15.4 Å². The van der Waals surface area contributed by atoms with Gasteiger partial charge in [0.05, 0.1) is 24.6 Å². The highest BCUT2D eigenvalue weighted by molar-refractivity contribution is 6.02. The fourth-order valence-corrected chi connectivity index (χ4v) is 2.41. The average molecular weight is 387 g/mol. The number of carbonyl (C=O) groups is 1. The molecule has 0 aliphatic rings. The second-order valence-electron chi connectivity index (χ2n) is 5.82. The van der Waals surface area contributed by atoms with E-state index in [-0.39, 0.29) is 11.4 Å². The number of ether oxygens (including phenoxy) is 1. The molecule has 0 aliphatic carbocycles. The molecule has 144 valence electrons. The summed E-state index contributed by atoms with van der Waals surface area (Å²) in [6.45, 7) is 0. The van der Waals surface area contributed by atoms with Crippen molar-refractivity contribution in [1.29, 1.82) is 0 Å². The van der Waals surface area contributed by atoms with Crippen molar-refractivity contribution in [2.75, 3.05) is 17.7 Å². The van der Waals surface area contributed by atoms with Crippen LogP contribution in [0.5, 0.6) is 5.75 Å². The number of benzene rings is 2. The fraction of sp³-hybridized carbons (Fsp3) is 0.100. The second-order valence-corrected chi connectivity index (χ2v) is 5.82. The molecule has 3 aromatic rings. The minimum absolute atomic E-state index is 0.135. The maximum Gasteiger partial charge on any atom is 0.416 e. The molecule has 0 saturated heterocycles. The third kappa shape index (κ3) is 4.79. The van der Waals surface area contributed by atoms with Gasteiger partial charge in [-0.15, -0.1) is 0 Å². The molecule has 28 heavy (non-hydrogen) atoms. The molecule has 0 unspecified atom stereocenters. The van der Waals surface area contributed by atoms with Gasteiger partial charge in [0.1, 0.15) is 11.4 Å². The molecule has 5 nitrogen and oxygen atoms in total. The van der Waals surface area contributed by atoms with E-state index in [1.165, 1.54) is 24.4 Å². The van der Waals surface area contributed by atoms with E-state index in [9.17, 15) is 18.0 Å². The van der Waals surface area contributed by atoms with Gasteiger partial charge in [-0.05, 0) is 48.5 Å². The van der Waals surface area contributed by atoms with E-state index in [1.807, 2.05) is 24.3 Å². The predicted octanol–water partition coefficient (Wildman–Crippen LogP) is 5.10.